The zero-order valence-corrected chi connectivity index (χ0v) is 19.3. The molecule has 4 amide bonds. The van der Waals surface area contributed by atoms with Crippen molar-refractivity contribution in [3.05, 3.63) is 88.8 Å². The molecule has 180 valence electrons. The maximum atomic E-state index is 12.0. The SMILES string of the molecule is C[C@@H](NC(=O)C(=O)N/N=C/c1ccc(CNC(=O)C(=O)Nc2cccc(Cl)c2)o1)c1ccccc1. The van der Waals surface area contributed by atoms with Crippen molar-refractivity contribution in [3.8, 4) is 0 Å². The van der Waals surface area contributed by atoms with Gasteiger partial charge in [0, 0.05) is 10.7 Å². The highest BCUT2D eigenvalue weighted by molar-refractivity contribution is 6.39. The second-order valence-corrected chi connectivity index (χ2v) is 7.69. The van der Waals surface area contributed by atoms with Crippen LogP contribution in [-0.2, 0) is 25.7 Å². The van der Waals surface area contributed by atoms with Crippen molar-refractivity contribution in [1.82, 2.24) is 16.1 Å². The molecular formula is C24H22ClN5O5. The van der Waals surface area contributed by atoms with Gasteiger partial charge in [0.15, 0.2) is 0 Å². The molecule has 1 aromatic heterocycles. The van der Waals surface area contributed by atoms with Crippen LogP contribution < -0.4 is 21.4 Å². The van der Waals surface area contributed by atoms with E-state index in [1.165, 1.54) is 12.3 Å². The lowest BCUT2D eigenvalue weighted by Crippen LogP contribution is -2.39. The molecule has 0 saturated carbocycles. The Morgan fingerprint density at radius 1 is 0.943 bits per heavy atom. The van der Waals surface area contributed by atoms with E-state index in [0.29, 0.717) is 16.5 Å². The molecule has 0 radical (unpaired) electrons. The summed E-state index contributed by atoms with van der Waals surface area (Å²) in [6, 6.07) is 18.3. The molecule has 0 aliphatic heterocycles. The maximum Gasteiger partial charge on any atom is 0.329 e. The van der Waals surface area contributed by atoms with E-state index in [1.807, 2.05) is 30.3 Å². The van der Waals surface area contributed by atoms with E-state index in [4.69, 9.17) is 16.0 Å². The number of amides is 4. The Kier molecular flexibility index (Phi) is 8.74. The molecule has 1 atom stereocenters. The van der Waals surface area contributed by atoms with E-state index in [2.05, 4.69) is 26.5 Å². The minimum atomic E-state index is -0.936. The monoisotopic (exact) mass is 495 g/mol. The number of benzene rings is 2. The largest absolute Gasteiger partial charge is 0.458 e. The number of rotatable bonds is 7. The van der Waals surface area contributed by atoms with E-state index in [1.54, 1.807) is 37.3 Å². The molecule has 4 N–H and O–H groups in total. The summed E-state index contributed by atoms with van der Waals surface area (Å²) in [7, 11) is 0. The van der Waals surface area contributed by atoms with Gasteiger partial charge < -0.3 is 20.4 Å². The third kappa shape index (κ3) is 7.83. The van der Waals surface area contributed by atoms with E-state index < -0.39 is 23.6 Å². The van der Waals surface area contributed by atoms with Gasteiger partial charge in [-0.25, -0.2) is 5.43 Å². The Balaban J connectivity index is 1.42. The fourth-order valence-corrected chi connectivity index (χ4v) is 3.04. The van der Waals surface area contributed by atoms with Crippen LogP contribution in [-0.4, -0.2) is 29.8 Å². The summed E-state index contributed by atoms with van der Waals surface area (Å²) in [6.45, 7) is 1.70. The summed E-state index contributed by atoms with van der Waals surface area (Å²) in [5.74, 6) is -2.89. The number of anilines is 1. The van der Waals surface area contributed by atoms with Crippen LogP contribution in [0.2, 0.25) is 5.02 Å². The van der Waals surface area contributed by atoms with Crippen LogP contribution in [0.1, 0.15) is 30.0 Å². The first-order valence-corrected chi connectivity index (χ1v) is 10.8. The first-order chi connectivity index (χ1) is 16.8. The van der Waals surface area contributed by atoms with Crippen LogP contribution in [0.4, 0.5) is 5.69 Å². The minimum Gasteiger partial charge on any atom is -0.458 e. The lowest BCUT2D eigenvalue weighted by molar-refractivity contribution is -0.139. The number of nitrogens with one attached hydrogen (secondary N) is 4. The van der Waals surface area contributed by atoms with Crippen LogP contribution in [0.3, 0.4) is 0 Å². The molecule has 0 aliphatic carbocycles. The van der Waals surface area contributed by atoms with Gasteiger partial charge in [-0.3, -0.25) is 19.2 Å². The number of halogens is 1. The molecule has 0 unspecified atom stereocenters. The zero-order chi connectivity index (χ0) is 25.2. The average molecular weight is 496 g/mol. The highest BCUT2D eigenvalue weighted by Gasteiger charge is 2.17. The molecule has 35 heavy (non-hydrogen) atoms. The van der Waals surface area contributed by atoms with E-state index in [0.717, 1.165) is 5.56 Å². The molecule has 11 heteroatoms. The van der Waals surface area contributed by atoms with Gasteiger partial charge in [0.2, 0.25) is 0 Å². The van der Waals surface area contributed by atoms with Crippen LogP contribution >= 0.6 is 11.6 Å². The third-order valence-corrected chi connectivity index (χ3v) is 4.84. The molecule has 3 aromatic rings. The lowest BCUT2D eigenvalue weighted by atomic mass is 10.1. The van der Waals surface area contributed by atoms with Crippen molar-refractivity contribution in [2.45, 2.75) is 19.5 Å². The van der Waals surface area contributed by atoms with Gasteiger partial charge in [0.1, 0.15) is 11.5 Å². The predicted octanol–water partition coefficient (Wildman–Crippen LogP) is 2.52. The van der Waals surface area contributed by atoms with Gasteiger partial charge in [-0.15, -0.1) is 0 Å². The molecule has 2 aromatic carbocycles. The Hall–Kier alpha value is -4.44. The number of hydrazone groups is 1. The fraction of sp³-hybridized carbons (Fsp3) is 0.125. The van der Waals surface area contributed by atoms with Crippen molar-refractivity contribution in [2.24, 2.45) is 5.10 Å². The van der Waals surface area contributed by atoms with E-state index in [-0.39, 0.29) is 18.3 Å². The van der Waals surface area contributed by atoms with E-state index >= 15 is 0 Å². The molecule has 10 nitrogen and oxygen atoms in total. The molecule has 0 spiro atoms. The number of furan rings is 1. The molecule has 1 heterocycles. The first-order valence-electron chi connectivity index (χ1n) is 10.4. The number of nitrogens with zero attached hydrogens (tertiary/aromatic N) is 1. The topological polar surface area (TPSA) is 142 Å². The molecular weight excluding hydrogens is 474 g/mol. The molecule has 0 saturated heterocycles. The maximum absolute atomic E-state index is 12.0. The molecule has 0 bridgehead atoms. The summed E-state index contributed by atoms with van der Waals surface area (Å²) in [6.07, 6.45) is 1.20. The quantitative estimate of drug-likeness (QED) is 0.226. The van der Waals surface area contributed by atoms with Gasteiger partial charge in [0.25, 0.3) is 0 Å². The van der Waals surface area contributed by atoms with Crippen molar-refractivity contribution < 1.29 is 23.6 Å². The Bertz CT molecular complexity index is 1240. The van der Waals surface area contributed by atoms with Crippen molar-refractivity contribution in [2.75, 3.05) is 5.32 Å². The predicted molar refractivity (Wildman–Crippen MR) is 129 cm³/mol. The standard InChI is InChI=1S/C24H22ClN5O5/c1-15(16-6-3-2-4-7-16)28-23(33)24(34)30-27-14-20-11-10-19(35-20)13-26-21(31)22(32)29-18-9-5-8-17(25)12-18/h2-12,14-15H,13H2,1H3,(H,26,31)(H,28,33)(H,29,32)(H,30,34)/b27-14+/t15-/m1/s1. The van der Waals surface area contributed by atoms with Gasteiger partial charge >= 0.3 is 23.6 Å². The number of carbonyl (C=O) groups is 4. The summed E-state index contributed by atoms with van der Waals surface area (Å²) in [5, 5.41) is 11.5. The smallest absolute Gasteiger partial charge is 0.329 e. The summed E-state index contributed by atoms with van der Waals surface area (Å²) >= 11 is 5.85. The number of hydrogen-bond acceptors (Lipinski definition) is 6. The van der Waals surface area contributed by atoms with Gasteiger partial charge in [-0.1, -0.05) is 48.0 Å². The van der Waals surface area contributed by atoms with Crippen LogP contribution in [0.5, 0.6) is 0 Å². The normalized spacial score (nSPS) is 11.5. The van der Waals surface area contributed by atoms with Crippen molar-refractivity contribution in [3.63, 3.8) is 0 Å². The molecule has 0 aliphatic rings. The Morgan fingerprint density at radius 2 is 1.71 bits per heavy atom. The minimum absolute atomic E-state index is 0.0538. The Morgan fingerprint density at radius 3 is 2.46 bits per heavy atom. The fourth-order valence-electron chi connectivity index (χ4n) is 2.85. The van der Waals surface area contributed by atoms with Gasteiger partial charge in [-0.2, -0.15) is 5.10 Å². The molecule has 0 fully saturated rings. The van der Waals surface area contributed by atoms with Gasteiger partial charge in [0.05, 0.1) is 18.8 Å². The highest BCUT2D eigenvalue weighted by atomic mass is 35.5. The summed E-state index contributed by atoms with van der Waals surface area (Å²) in [5.41, 5.74) is 3.36. The zero-order valence-electron chi connectivity index (χ0n) is 18.6. The number of hydrogen-bond donors (Lipinski definition) is 4. The highest BCUT2D eigenvalue weighted by Crippen LogP contribution is 2.14. The lowest BCUT2D eigenvalue weighted by Gasteiger charge is -2.13. The van der Waals surface area contributed by atoms with Crippen molar-refractivity contribution in [1.29, 1.82) is 0 Å². The van der Waals surface area contributed by atoms with E-state index in [9.17, 15) is 19.2 Å². The summed E-state index contributed by atoms with van der Waals surface area (Å²) in [4.78, 5) is 47.9. The van der Waals surface area contributed by atoms with Gasteiger partial charge in [-0.05, 0) is 42.8 Å². The van der Waals surface area contributed by atoms with Crippen LogP contribution in [0.25, 0.3) is 0 Å². The summed E-state index contributed by atoms with van der Waals surface area (Å²) < 4.78 is 5.45. The second kappa shape index (κ2) is 12.1. The molecule has 3 rings (SSSR count). The number of carbonyl (C=O) groups excluding carboxylic acids is 4. The second-order valence-electron chi connectivity index (χ2n) is 7.26. The van der Waals surface area contributed by atoms with Crippen LogP contribution in [0.15, 0.2) is 76.2 Å². The Labute approximate surface area is 205 Å². The van der Waals surface area contributed by atoms with Crippen molar-refractivity contribution >= 4 is 47.1 Å². The van der Waals surface area contributed by atoms with Crippen LogP contribution in [0, 0.1) is 0 Å². The first kappa shape index (κ1) is 25.2. The third-order valence-electron chi connectivity index (χ3n) is 4.61. The average Bonchev–Trinajstić information content (AvgIpc) is 3.30.